The monoisotopic (exact) mass is 276 g/mol. The first-order chi connectivity index (χ1) is 7.85. The zero-order valence-electron chi connectivity index (χ0n) is 10.4. The molecule has 0 radical (unpaired) electrons. The number of nitrogens with two attached hydrogens (primary N) is 1. The summed E-state index contributed by atoms with van der Waals surface area (Å²) >= 11 is 1.70. The number of hydrogen-bond donors (Lipinski definition) is 2. The Bertz CT molecular complexity index is 454. The number of sulfonamides is 1. The van der Waals surface area contributed by atoms with E-state index in [1.165, 1.54) is 9.75 Å². The van der Waals surface area contributed by atoms with Crippen LogP contribution in [-0.2, 0) is 16.4 Å². The van der Waals surface area contributed by atoms with Crippen LogP contribution in [0.4, 0.5) is 0 Å². The second kappa shape index (κ2) is 5.95. The molecular formula is C11H20N2O2S2. The molecule has 0 saturated carbocycles. The SMILES string of the molecule is Cc1ccc(CC(C)NS(=O)(=O)C(C)CN)s1. The summed E-state index contributed by atoms with van der Waals surface area (Å²) in [5.74, 6) is 0. The molecule has 3 N–H and O–H groups in total. The van der Waals surface area contributed by atoms with Crippen LogP contribution in [0.5, 0.6) is 0 Å². The van der Waals surface area contributed by atoms with Gasteiger partial charge in [-0.2, -0.15) is 0 Å². The maximum absolute atomic E-state index is 11.8. The van der Waals surface area contributed by atoms with E-state index in [0.717, 1.165) is 6.42 Å². The van der Waals surface area contributed by atoms with E-state index in [9.17, 15) is 8.42 Å². The molecule has 1 rings (SSSR count). The van der Waals surface area contributed by atoms with Gasteiger partial charge in [-0.3, -0.25) is 0 Å². The highest BCUT2D eigenvalue weighted by molar-refractivity contribution is 7.90. The lowest BCUT2D eigenvalue weighted by atomic mass is 10.2. The Balaban J connectivity index is 2.58. The Kier molecular flexibility index (Phi) is 5.12. The van der Waals surface area contributed by atoms with Crippen LogP contribution in [0.3, 0.4) is 0 Å². The van der Waals surface area contributed by atoms with Crippen molar-refractivity contribution < 1.29 is 8.42 Å². The Labute approximate surface area is 107 Å². The molecule has 1 aromatic rings. The van der Waals surface area contributed by atoms with Crippen molar-refractivity contribution in [3.63, 3.8) is 0 Å². The van der Waals surface area contributed by atoms with Gasteiger partial charge in [0.2, 0.25) is 10.0 Å². The average molecular weight is 276 g/mol. The van der Waals surface area contributed by atoms with Crippen LogP contribution in [-0.4, -0.2) is 26.3 Å². The molecule has 17 heavy (non-hydrogen) atoms. The van der Waals surface area contributed by atoms with Gasteiger partial charge in [-0.05, 0) is 39.3 Å². The third kappa shape index (κ3) is 4.39. The lowest BCUT2D eigenvalue weighted by molar-refractivity contribution is 0.549. The van der Waals surface area contributed by atoms with E-state index in [2.05, 4.69) is 4.72 Å². The number of aryl methyl sites for hydroxylation is 1. The Morgan fingerprint density at radius 1 is 1.41 bits per heavy atom. The van der Waals surface area contributed by atoms with Crippen molar-refractivity contribution >= 4 is 21.4 Å². The molecule has 1 heterocycles. The fourth-order valence-corrected chi connectivity index (χ4v) is 3.61. The third-order valence-electron chi connectivity index (χ3n) is 2.53. The minimum atomic E-state index is -3.29. The van der Waals surface area contributed by atoms with Gasteiger partial charge in [-0.25, -0.2) is 13.1 Å². The van der Waals surface area contributed by atoms with E-state index in [0.29, 0.717) is 0 Å². The van der Waals surface area contributed by atoms with Crippen molar-refractivity contribution in [2.75, 3.05) is 6.54 Å². The molecule has 98 valence electrons. The van der Waals surface area contributed by atoms with E-state index in [4.69, 9.17) is 5.73 Å². The fourth-order valence-electron chi connectivity index (χ4n) is 1.46. The average Bonchev–Trinajstić information content (AvgIpc) is 2.61. The highest BCUT2D eigenvalue weighted by Gasteiger charge is 2.21. The molecule has 0 saturated heterocycles. The minimum absolute atomic E-state index is 0.105. The van der Waals surface area contributed by atoms with E-state index in [-0.39, 0.29) is 12.6 Å². The Hall–Kier alpha value is -0.430. The van der Waals surface area contributed by atoms with Crippen LogP contribution < -0.4 is 10.5 Å². The van der Waals surface area contributed by atoms with Gasteiger partial charge in [0.1, 0.15) is 0 Å². The van der Waals surface area contributed by atoms with Gasteiger partial charge in [0.25, 0.3) is 0 Å². The molecule has 0 spiro atoms. The maximum atomic E-state index is 11.8. The quantitative estimate of drug-likeness (QED) is 0.821. The first kappa shape index (κ1) is 14.6. The summed E-state index contributed by atoms with van der Waals surface area (Å²) in [6.45, 7) is 5.67. The molecular weight excluding hydrogens is 256 g/mol. The minimum Gasteiger partial charge on any atom is -0.329 e. The molecule has 0 aliphatic rings. The summed E-state index contributed by atoms with van der Waals surface area (Å²) in [6, 6.07) is 3.98. The van der Waals surface area contributed by atoms with Crippen molar-refractivity contribution in [2.24, 2.45) is 5.73 Å². The molecule has 0 aromatic carbocycles. The summed E-state index contributed by atoms with van der Waals surface area (Å²) in [5, 5.41) is -0.546. The Morgan fingerprint density at radius 3 is 2.53 bits per heavy atom. The van der Waals surface area contributed by atoms with Crippen LogP contribution >= 0.6 is 11.3 Å². The van der Waals surface area contributed by atoms with Crippen LogP contribution in [0.2, 0.25) is 0 Å². The van der Waals surface area contributed by atoms with Gasteiger partial charge >= 0.3 is 0 Å². The van der Waals surface area contributed by atoms with Crippen molar-refractivity contribution in [1.82, 2.24) is 4.72 Å². The number of rotatable bonds is 6. The van der Waals surface area contributed by atoms with Gasteiger partial charge < -0.3 is 5.73 Å². The highest BCUT2D eigenvalue weighted by atomic mass is 32.2. The van der Waals surface area contributed by atoms with Gasteiger partial charge in [0, 0.05) is 22.3 Å². The van der Waals surface area contributed by atoms with Crippen LogP contribution in [0, 0.1) is 6.92 Å². The molecule has 0 bridgehead atoms. The van der Waals surface area contributed by atoms with Crippen molar-refractivity contribution in [1.29, 1.82) is 0 Å². The topological polar surface area (TPSA) is 72.2 Å². The fraction of sp³-hybridized carbons (Fsp3) is 0.636. The lowest BCUT2D eigenvalue weighted by Gasteiger charge is -2.16. The van der Waals surface area contributed by atoms with Crippen molar-refractivity contribution in [3.8, 4) is 0 Å². The number of hydrogen-bond acceptors (Lipinski definition) is 4. The summed E-state index contributed by atoms with van der Waals surface area (Å²) < 4.78 is 26.2. The van der Waals surface area contributed by atoms with Gasteiger partial charge in [0.15, 0.2) is 0 Å². The smallest absolute Gasteiger partial charge is 0.215 e. The van der Waals surface area contributed by atoms with E-state index < -0.39 is 15.3 Å². The summed E-state index contributed by atoms with van der Waals surface area (Å²) in [7, 11) is -3.29. The van der Waals surface area contributed by atoms with Gasteiger partial charge in [-0.1, -0.05) is 0 Å². The molecule has 2 unspecified atom stereocenters. The van der Waals surface area contributed by atoms with E-state index in [1.54, 1.807) is 18.3 Å². The summed E-state index contributed by atoms with van der Waals surface area (Å²) in [5.41, 5.74) is 5.37. The van der Waals surface area contributed by atoms with Crippen LogP contribution in [0.25, 0.3) is 0 Å². The zero-order chi connectivity index (χ0) is 13.1. The molecule has 6 heteroatoms. The number of thiophene rings is 1. The van der Waals surface area contributed by atoms with Crippen LogP contribution in [0.1, 0.15) is 23.6 Å². The van der Waals surface area contributed by atoms with E-state index in [1.807, 2.05) is 26.0 Å². The van der Waals surface area contributed by atoms with E-state index >= 15 is 0 Å². The molecule has 0 aliphatic carbocycles. The molecule has 4 nitrogen and oxygen atoms in total. The predicted molar refractivity (Wildman–Crippen MR) is 72.8 cm³/mol. The lowest BCUT2D eigenvalue weighted by Crippen LogP contribution is -2.42. The maximum Gasteiger partial charge on any atom is 0.215 e. The number of nitrogens with one attached hydrogen (secondary N) is 1. The standard InChI is InChI=1S/C11H20N2O2S2/c1-8(6-11-5-4-9(2)16-11)13-17(14,15)10(3)7-12/h4-5,8,10,13H,6-7,12H2,1-3H3. The van der Waals surface area contributed by atoms with Crippen LogP contribution in [0.15, 0.2) is 12.1 Å². The Morgan fingerprint density at radius 2 is 2.06 bits per heavy atom. The van der Waals surface area contributed by atoms with Crippen molar-refractivity contribution in [2.45, 2.75) is 38.5 Å². The van der Waals surface area contributed by atoms with Gasteiger partial charge in [-0.15, -0.1) is 11.3 Å². The molecule has 0 fully saturated rings. The predicted octanol–water partition coefficient (Wildman–Crippen LogP) is 1.25. The highest BCUT2D eigenvalue weighted by Crippen LogP contribution is 2.17. The largest absolute Gasteiger partial charge is 0.329 e. The second-order valence-corrected chi connectivity index (χ2v) is 7.83. The summed E-state index contributed by atoms with van der Waals surface area (Å²) in [6.07, 6.45) is 0.717. The summed E-state index contributed by atoms with van der Waals surface area (Å²) in [4.78, 5) is 2.43. The normalized spacial score (nSPS) is 15.8. The third-order valence-corrected chi connectivity index (χ3v) is 5.54. The molecule has 2 atom stereocenters. The van der Waals surface area contributed by atoms with Gasteiger partial charge in [0.05, 0.1) is 5.25 Å². The zero-order valence-corrected chi connectivity index (χ0v) is 12.1. The molecule has 0 aliphatic heterocycles. The first-order valence-corrected chi connectivity index (χ1v) is 7.98. The van der Waals surface area contributed by atoms with Crippen molar-refractivity contribution in [3.05, 3.63) is 21.9 Å². The molecule has 1 aromatic heterocycles. The molecule has 0 amide bonds. The second-order valence-electron chi connectivity index (χ2n) is 4.33. The first-order valence-electron chi connectivity index (χ1n) is 5.61.